The highest BCUT2D eigenvalue weighted by Gasteiger charge is 2.10. The lowest BCUT2D eigenvalue weighted by Crippen LogP contribution is -1.91. The average molecular weight is 426 g/mol. The van der Waals surface area contributed by atoms with Crippen LogP contribution in [0.5, 0.6) is 11.5 Å². The quantitative estimate of drug-likeness (QED) is 0.381. The minimum atomic E-state index is 0.545. The molecule has 1 heterocycles. The molecule has 0 amide bonds. The SMILES string of the molecule is COc1ccc(C=Nc2ccc3nc(-c4ccc(Cl)cc4Cl)[nH]c3c2)cc1OC. The number of methoxy groups -OCH3 is 2. The van der Waals surface area contributed by atoms with Crippen molar-refractivity contribution < 1.29 is 9.47 Å². The van der Waals surface area contributed by atoms with E-state index in [1.807, 2.05) is 42.5 Å². The summed E-state index contributed by atoms with van der Waals surface area (Å²) in [5, 5.41) is 1.13. The Hall–Kier alpha value is -3.02. The summed E-state index contributed by atoms with van der Waals surface area (Å²) in [7, 11) is 3.21. The molecule has 0 fully saturated rings. The number of aromatic amines is 1. The first-order valence-electron chi connectivity index (χ1n) is 8.78. The van der Waals surface area contributed by atoms with E-state index in [-0.39, 0.29) is 0 Å². The summed E-state index contributed by atoms with van der Waals surface area (Å²) in [6, 6.07) is 16.7. The zero-order valence-corrected chi connectivity index (χ0v) is 17.3. The molecule has 7 heteroatoms. The lowest BCUT2D eigenvalue weighted by Gasteiger charge is -2.07. The van der Waals surface area contributed by atoms with Crippen LogP contribution in [-0.2, 0) is 0 Å². The fraction of sp³-hybridized carbons (Fsp3) is 0.0909. The van der Waals surface area contributed by atoms with Crippen molar-refractivity contribution >= 4 is 46.1 Å². The Bertz CT molecular complexity index is 1220. The largest absolute Gasteiger partial charge is 0.493 e. The van der Waals surface area contributed by atoms with E-state index in [4.69, 9.17) is 32.7 Å². The molecule has 146 valence electrons. The Morgan fingerprint density at radius 1 is 0.931 bits per heavy atom. The molecule has 0 unspecified atom stereocenters. The van der Waals surface area contributed by atoms with E-state index in [9.17, 15) is 0 Å². The van der Waals surface area contributed by atoms with Crippen LogP contribution >= 0.6 is 23.2 Å². The van der Waals surface area contributed by atoms with Gasteiger partial charge in [0.1, 0.15) is 5.82 Å². The molecular formula is C22H17Cl2N3O2. The van der Waals surface area contributed by atoms with Crippen molar-refractivity contribution in [3.63, 3.8) is 0 Å². The van der Waals surface area contributed by atoms with Gasteiger partial charge in [-0.25, -0.2) is 4.98 Å². The molecule has 29 heavy (non-hydrogen) atoms. The number of aliphatic imine (C=N–C) groups is 1. The van der Waals surface area contributed by atoms with Crippen LogP contribution in [0.25, 0.3) is 22.4 Å². The average Bonchev–Trinajstić information content (AvgIpc) is 3.14. The normalized spacial score (nSPS) is 11.3. The highest BCUT2D eigenvalue weighted by Crippen LogP contribution is 2.31. The molecule has 5 nitrogen and oxygen atoms in total. The van der Waals surface area contributed by atoms with Crippen molar-refractivity contribution in [1.82, 2.24) is 9.97 Å². The van der Waals surface area contributed by atoms with E-state index in [1.165, 1.54) is 0 Å². The Morgan fingerprint density at radius 3 is 2.52 bits per heavy atom. The van der Waals surface area contributed by atoms with E-state index >= 15 is 0 Å². The van der Waals surface area contributed by atoms with Gasteiger partial charge in [-0.1, -0.05) is 23.2 Å². The summed E-state index contributed by atoms with van der Waals surface area (Å²) in [4.78, 5) is 12.5. The highest BCUT2D eigenvalue weighted by atomic mass is 35.5. The van der Waals surface area contributed by atoms with E-state index in [0.29, 0.717) is 27.4 Å². The predicted molar refractivity (Wildman–Crippen MR) is 118 cm³/mol. The summed E-state index contributed by atoms with van der Waals surface area (Å²) < 4.78 is 10.6. The monoisotopic (exact) mass is 425 g/mol. The second-order valence-electron chi connectivity index (χ2n) is 6.28. The summed E-state index contributed by atoms with van der Waals surface area (Å²) >= 11 is 12.3. The molecule has 0 radical (unpaired) electrons. The van der Waals surface area contributed by atoms with E-state index in [1.54, 1.807) is 32.6 Å². The van der Waals surface area contributed by atoms with Crippen molar-refractivity contribution in [2.24, 2.45) is 4.99 Å². The van der Waals surface area contributed by atoms with Gasteiger partial charge in [-0.05, 0) is 60.2 Å². The van der Waals surface area contributed by atoms with Gasteiger partial charge in [-0.15, -0.1) is 0 Å². The third kappa shape index (κ3) is 4.06. The number of rotatable bonds is 5. The number of nitrogens with one attached hydrogen (secondary N) is 1. The number of hydrogen-bond donors (Lipinski definition) is 1. The molecule has 0 aliphatic heterocycles. The maximum absolute atomic E-state index is 6.30. The number of hydrogen-bond acceptors (Lipinski definition) is 4. The van der Waals surface area contributed by atoms with Gasteiger partial charge in [-0.2, -0.15) is 0 Å². The molecule has 1 N–H and O–H groups in total. The first-order chi connectivity index (χ1) is 14.1. The van der Waals surface area contributed by atoms with Gasteiger partial charge < -0.3 is 14.5 Å². The second-order valence-corrected chi connectivity index (χ2v) is 7.13. The second kappa shape index (κ2) is 8.15. The first-order valence-corrected chi connectivity index (χ1v) is 9.54. The zero-order chi connectivity index (χ0) is 20.4. The molecule has 0 atom stereocenters. The minimum absolute atomic E-state index is 0.545. The van der Waals surface area contributed by atoms with Crippen LogP contribution in [-0.4, -0.2) is 30.4 Å². The van der Waals surface area contributed by atoms with Gasteiger partial charge in [0.2, 0.25) is 0 Å². The number of H-pyrrole nitrogens is 1. The number of nitrogens with zero attached hydrogens (tertiary/aromatic N) is 2. The van der Waals surface area contributed by atoms with Gasteiger partial charge in [0.15, 0.2) is 11.5 Å². The van der Waals surface area contributed by atoms with Crippen molar-refractivity contribution in [3.8, 4) is 22.9 Å². The lowest BCUT2D eigenvalue weighted by atomic mass is 10.2. The fourth-order valence-corrected chi connectivity index (χ4v) is 3.47. The molecular weight excluding hydrogens is 409 g/mol. The van der Waals surface area contributed by atoms with Crippen LogP contribution in [0.4, 0.5) is 5.69 Å². The molecule has 0 saturated heterocycles. The first kappa shape index (κ1) is 19.3. The van der Waals surface area contributed by atoms with Gasteiger partial charge in [0.05, 0.1) is 36.0 Å². The van der Waals surface area contributed by atoms with Crippen LogP contribution in [0, 0.1) is 0 Å². The third-order valence-corrected chi connectivity index (χ3v) is 4.97. The maximum Gasteiger partial charge on any atom is 0.161 e. The third-order valence-electron chi connectivity index (χ3n) is 4.42. The number of imidazole rings is 1. The standard InChI is InChI=1S/C22H17Cl2N3O2/c1-28-20-8-3-13(9-21(20)29-2)12-25-15-5-7-18-19(11-15)27-22(26-18)16-6-4-14(23)10-17(16)24/h3-12H,1-2H3,(H,26,27). The summed E-state index contributed by atoms with van der Waals surface area (Å²) in [5.74, 6) is 2.02. The fourth-order valence-electron chi connectivity index (χ4n) is 2.97. The number of aromatic nitrogens is 2. The highest BCUT2D eigenvalue weighted by molar-refractivity contribution is 6.36. The molecule has 1 aromatic heterocycles. The smallest absolute Gasteiger partial charge is 0.161 e. The van der Waals surface area contributed by atoms with Gasteiger partial charge in [-0.3, -0.25) is 4.99 Å². The predicted octanol–water partition coefficient (Wildman–Crippen LogP) is 6.30. The number of halogens is 2. The number of ether oxygens (including phenoxy) is 2. The van der Waals surface area contributed by atoms with Crippen molar-refractivity contribution in [2.75, 3.05) is 14.2 Å². The van der Waals surface area contributed by atoms with Gasteiger partial charge in [0.25, 0.3) is 0 Å². The molecule has 3 aromatic carbocycles. The Morgan fingerprint density at radius 2 is 1.76 bits per heavy atom. The number of fused-ring (bicyclic) bond motifs is 1. The summed E-state index contributed by atoms with van der Waals surface area (Å²) in [6.07, 6.45) is 1.77. The van der Waals surface area contributed by atoms with Crippen molar-refractivity contribution in [3.05, 3.63) is 70.2 Å². The van der Waals surface area contributed by atoms with Crippen molar-refractivity contribution in [1.29, 1.82) is 0 Å². The van der Waals surface area contributed by atoms with Crippen LogP contribution in [0.3, 0.4) is 0 Å². The zero-order valence-electron chi connectivity index (χ0n) is 15.7. The molecule has 4 aromatic rings. The van der Waals surface area contributed by atoms with Gasteiger partial charge in [0, 0.05) is 16.8 Å². The Kier molecular flexibility index (Phi) is 5.43. The van der Waals surface area contributed by atoms with Crippen LogP contribution in [0.2, 0.25) is 10.0 Å². The molecule has 0 aliphatic rings. The molecule has 4 rings (SSSR count). The maximum atomic E-state index is 6.30. The van der Waals surface area contributed by atoms with E-state index in [2.05, 4.69) is 15.0 Å². The Labute approximate surface area is 177 Å². The molecule has 0 aliphatic carbocycles. The topological polar surface area (TPSA) is 59.5 Å². The summed E-state index contributed by atoms with van der Waals surface area (Å²) in [6.45, 7) is 0. The molecule has 0 bridgehead atoms. The number of benzene rings is 3. The van der Waals surface area contributed by atoms with E-state index < -0.39 is 0 Å². The summed E-state index contributed by atoms with van der Waals surface area (Å²) in [5.41, 5.74) is 4.19. The molecule has 0 spiro atoms. The van der Waals surface area contributed by atoms with E-state index in [0.717, 1.165) is 27.8 Å². The van der Waals surface area contributed by atoms with Crippen LogP contribution < -0.4 is 9.47 Å². The van der Waals surface area contributed by atoms with Gasteiger partial charge >= 0.3 is 0 Å². The molecule has 0 saturated carbocycles. The van der Waals surface area contributed by atoms with Crippen LogP contribution in [0.1, 0.15) is 5.56 Å². The van der Waals surface area contributed by atoms with Crippen LogP contribution in [0.15, 0.2) is 59.6 Å². The Balaban J connectivity index is 1.63. The van der Waals surface area contributed by atoms with Crippen molar-refractivity contribution in [2.45, 2.75) is 0 Å². The lowest BCUT2D eigenvalue weighted by molar-refractivity contribution is 0.355. The minimum Gasteiger partial charge on any atom is -0.493 e.